The molecule has 0 unspecified atom stereocenters. The number of carbonyl (C=O) groups excluding carboxylic acids is 1. The summed E-state index contributed by atoms with van der Waals surface area (Å²) in [7, 11) is 1.82. The van der Waals surface area contributed by atoms with Gasteiger partial charge in [0.1, 0.15) is 0 Å². The van der Waals surface area contributed by atoms with Crippen molar-refractivity contribution in [3.8, 4) is 0 Å². The van der Waals surface area contributed by atoms with Crippen LogP contribution < -0.4 is 0 Å². The van der Waals surface area contributed by atoms with Crippen molar-refractivity contribution < 1.29 is 18.1 Å². The van der Waals surface area contributed by atoms with Crippen LogP contribution in [0.25, 0.3) is 0 Å². The van der Waals surface area contributed by atoms with Crippen LogP contribution in [0, 0.1) is 0 Å². The summed E-state index contributed by atoms with van der Waals surface area (Å²) < 4.78 is 15.9. The Kier molecular flexibility index (Phi) is 14.1. The van der Waals surface area contributed by atoms with Gasteiger partial charge in [0.25, 0.3) is 0 Å². The van der Waals surface area contributed by atoms with Crippen LogP contribution in [0.3, 0.4) is 0 Å². The minimum absolute atomic E-state index is 0.0333. The van der Waals surface area contributed by atoms with Crippen LogP contribution >= 0.6 is 12.2 Å². The van der Waals surface area contributed by atoms with Gasteiger partial charge in [-0.1, -0.05) is 70.5 Å². The number of unbranched alkanes of at least 4 members (excludes halogenated alkanes) is 8. The van der Waals surface area contributed by atoms with Crippen LogP contribution in [0.15, 0.2) is 0 Å². The van der Waals surface area contributed by atoms with Gasteiger partial charge in [-0.3, -0.25) is 4.79 Å². The van der Waals surface area contributed by atoms with E-state index in [0.717, 1.165) is 12.8 Å². The average Bonchev–Trinajstić information content (AvgIpc) is 2.58. The number of Topliss-reactive ketones (excluding diaryl/α,β-unsaturated/α-hetero) is 1. The molecule has 0 aliphatic heterocycles. The molecule has 0 aromatic carbocycles. The Morgan fingerprint density at radius 1 is 0.826 bits per heavy atom. The number of thiocarbonyl (C=S) groups is 1. The predicted molar refractivity (Wildman–Crippen MR) is 101 cm³/mol. The molecule has 0 aliphatic carbocycles. The predicted octanol–water partition coefficient (Wildman–Crippen LogP) is 4.72. The second-order valence-electron chi connectivity index (χ2n) is 5.90. The van der Waals surface area contributed by atoms with Crippen molar-refractivity contribution in [2.24, 2.45) is 0 Å². The lowest BCUT2D eigenvalue weighted by molar-refractivity contribution is -0.113. The minimum atomic E-state index is -2.78. The van der Waals surface area contributed by atoms with E-state index in [-0.39, 0.29) is 5.78 Å². The van der Waals surface area contributed by atoms with Crippen LogP contribution in [0.2, 0.25) is 6.04 Å². The first kappa shape index (κ1) is 22.9. The van der Waals surface area contributed by atoms with E-state index >= 15 is 0 Å². The summed E-state index contributed by atoms with van der Waals surface area (Å²) in [4.78, 5) is 12.5. The molecule has 136 valence electrons. The maximum atomic E-state index is 12.1. The van der Waals surface area contributed by atoms with Gasteiger partial charge in [-0.25, -0.2) is 0 Å². The van der Waals surface area contributed by atoms with Crippen LogP contribution in [0.4, 0.5) is 0 Å². The molecule has 0 aliphatic rings. The first-order valence-corrected chi connectivity index (χ1v) is 11.1. The van der Waals surface area contributed by atoms with Crippen molar-refractivity contribution >= 4 is 31.7 Å². The van der Waals surface area contributed by atoms with E-state index in [9.17, 15) is 4.79 Å². The molecule has 0 atom stereocenters. The van der Waals surface area contributed by atoms with Gasteiger partial charge in [0.05, 0.1) is 10.9 Å². The second kappa shape index (κ2) is 14.2. The van der Waals surface area contributed by atoms with E-state index in [2.05, 4.69) is 6.92 Å². The Hall–Kier alpha value is -0.143. The van der Waals surface area contributed by atoms with Gasteiger partial charge in [0, 0.05) is 27.8 Å². The van der Waals surface area contributed by atoms with E-state index in [4.69, 9.17) is 25.5 Å². The van der Waals surface area contributed by atoms with E-state index in [1.807, 2.05) is 0 Å². The summed E-state index contributed by atoms with van der Waals surface area (Å²) in [5.41, 5.74) is 0. The molecule has 0 spiro atoms. The molecule has 23 heavy (non-hydrogen) atoms. The first-order chi connectivity index (χ1) is 11.0. The Morgan fingerprint density at radius 2 is 1.26 bits per heavy atom. The Morgan fingerprint density at radius 3 is 1.70 bits per heavy atom. The molecular weight excluding hydrogens is 328 g/mol. The van der Waals surface area contributed by atoms with Crippen LogP contribution in [-0.4, -0.2) is 40.8 Å². The molecule has 0 N–H and O–H groups in total. The van der Waals surface area contributed by atoms with Crippen LogP contribution in [-0.2, 0) is 18.1 Å². The topological polar surface area (TPSA) is 44.8 Å². The molecule has 0 rings (SSSR count). The third kappa shape index (κ3) is 10.3. The van der Waals surface area contributed by atoms with Crippen molar-refractivity contribution in [2.45, 2.75) is 77.2 Å². The Balaban J connectivity index is 3.79. The summed E-state index contributed by atoms with van der Waals surface area (Å²) in [6.45, 7) is 2.24. The maximum Gasteiger partial charge on any atom is 0.505 e. The molecule has 0 aromatic rings. The summed E-state index contributed by atoms with van der Waals surface area (Å²) in [5.74, 6) is 0.0333. The highest BCUT2D eigenvalue weighted by atomic mass is 32.1. The second-order valence-corrected chi connectivity index (χ2v) is 9.33. The average molecular weight is 363 g/mol. The molecule has 4 nitrogen and oxygen atoms in total. The summed E-state index contributed by atoms with van der Waals surface area (Å²) in [6.07, 6.45) is 11.7. The molecule has 0 aromatic heterocycles. The fourth-order valence-corrected chi connectivity index (χ4v) is 4.65. The van der Waals surface area contributed by atoms with Crippen LogP contribution in [0.5, 0.6) is 0 Å². The van der Waals surface area contributed by atoms with Crippen molar-refractivity contribution in [3.63, 3.8) is 0 Å². The zero-order valence-electron chi connectivity index (χ0n) is 15.3. The zero-order valence-corrected chi connectivity index (χ0v) is 17.1. The van der Waals surface area contributed by atoms with Gasteiger partial charge in [-0.05, 0) is 6.42 Å². The molecule has 0 saturated carbocycles. The van der Waals surface area contributed by atoms with Gasteiger partial charge >= 0.3 is 8.80 Å². The molecular formula is C17H34O4SSi. The van der Waals surface area contributed by atoms with Gasteiger partial charge < -0.3 is 13.3 Å². The number of hydrogen-bond acceptors (Lipinski definition) is 5. The summed E-state index contributed by atoms with van der Waals surface area (Å²) in [6, 6.07) is 0.294. The molecule has 0 amide bonds. The zero-order chi connectivity index (χ0) is 17.6. The third-order valence-electron chi connectivity index (χ3n) is 4.13. The van der Waals surface area contributed by atoms with Gasteiger partial charge in [0.2, 0.25) is 0 Å². The Labute approximate surface area is 148 Å². The van der Waals surface area contributed by atoms with E-state index in [1.54, 1.807) is 0 Å². The molecule has 0 fully saturated rings. The number of hydrogen-bond donors (Lipinski definition) is 0. The van der Waals surface area contributed by atoms with Gasteiger partial charge in [-0.15, -0.1) is 0 Å². The van der Waals surface area contributed by atoms with Gasteiger partial charge in [-0.2, -0.15) is 0 Å². The fourth-order valence-electron chi connectivity index (χ4n) is 2.50. The quantitative estimate of drug-likeness (QED) is 0.226. The normalized spacial score (nSPS) is 11.7. The monoisotopic (exact) mass is 362 g/mol. The van der Waals surface area contributed by atoms with E-state index in [0.29, 0.717) is 17.3 Å². The smallest absolute Gasteiger partial charge is 0.377 e. The fraction of sp³-hybridized carbons (Fsp3) is 0.882. The van der Waals surface area contributed by atoms with Crippen molar-refractivity contribution in [1.82, 2.24) is 0 Å². The van der Waals surface area contributed by atoms with Crippen LogP contribution in [0.1, 0.15) is 71.1 Å². The molecule has 0 bridgehead atoms. The molecule has 0 heterocycles. The van der Waals surface area contributed by atoms with E-state index < -0.39 is 8.80 Å². The standard InChI is InChI=1S/C17H34O4SSi/c1-5-6-7-8-9-10-11-12-13-14-16(18)17(22)15-23(19-2,20-3)21-4/h5-15H2,1-4H3. The molecule has 0 saturated heterocycles. The highest BCUT2D eigenvalue weighted by molar-refractivity contribution is 7.82. The molecule has 0 radical (unpaired) electrons. The molecule has 6 heteroatoms. The largest absolute Gasteiger partial charge is 0.505 e. The van der Waals surface area contributed by atoms with E-state index in [1.165, 1.54) is 66.3 Å². The first-order valence-electron chi connectivity index (χ1n) is 8.76. The summed E-state index contributed by atoms with van der Waals surface area (Å²) in [5, 5.41) is 0. The highest BCUT2D eigenvalue weighted by Crippen LogP contribution is 2.16. The maximum absolute atomic E-state index is 12.1. The van der Waals surface area contributed by atoms with Crippen molar-refractivity contribution in [3.05, 3.63) is 0 Å². The van der Waals surface area contributed by atoms with Crippen molar-refractivity contribution in [1.29, 1.82) is 0 Å². The third-order valence-corrected chi connectivity index (χ3v) is 7.41. The minimum Gasteiger partial charge on any atom is -0.377 e. The Bertz CT molecular complexity index is 324. The van der Waals surface area contributed by atoms with Crippen molar-refractivity contribution in [2.75, 3.05) is 21.3 Å². The van der Waals surface area contributed by atoms with Gasteiger partial charge in [0.15, 0.2) is 5.78 Å². The number of carbonyl (C=O) groups is 1. The lowest BCUT2D eigenvalue weighted by Gasteiger charge is -2.24. The summed E-state index contributed by atoms with van der Waals surface area (Å²) >= 11 is 5.23. The number of rotatable bonds is 16. The number of ketones is 1. The highest BCUT2D eigenvalue weighted by Gasteiger charge is 2.40. The lowest BCUT2D eigenvalue weighted by atomic mass is 10.1. The lowest BCUT2D eigenvalue weighted by Crippen LogP contribution is -2.45. The SMILES string of the molecule is CCCCCCCCCCCC(=O)C(=S)C[Si](OC)(OC)OC.